The van der Waals surface area contributed by atoms with E-state index in [1.54, 1.807) is 6.08 Å². The van der Waals surface area contributed by atoms with E-state index in [1.165, 1.54) is 18.9 Å². The molecule has 6 atom stereocenters. The van der Waals surface area contributed by atoms with Gasteiger partial charge >= 0.3 is 11.9 Å². The summed E-state index contributed by atoms with van der Waals surface area (Å²) >= 11 is 0. The van der Waals surface area contributed by atoms with Gasteiger partial charge in [0.1, 0.15) is 12.2 Å². The molecule has 0 spiro atoms. The quantitative estimate of drug-likeness (QED) is 0.453. The number of esters is 2. The van der Waals surface area contributed by atoms with Gasteiger partial charge in [-0.05, 0) is 61.2 Å². The van der Waals surface area contributed by atoms with Crippen LogP contribution in [0.2, 0.25) is 0 Å². The maximum absolute atomic E-state index is 12.4. The van der Waals surface area contributed by atoms with Gasteiger partial charge in [-0.25, -0.2) is 4.79 Å². The molecule has 4 bridgehead atoms. The predicted molar refractivity (Wildman–Crippen MR) is 112 cm³/mol. The Balaban J connectivity index is 1.27. The van der Waals surface area contributed by atoms with Gasteiger partial charge in [-0.15, -0.1) is 0 Å². The summed E-state index contributed by atoms with van der Waals surface area (Å²) in [4.78, 5) is 24.7. The first kappa shape index (κ1) is 20.9. The topological polar surface area (TPSA) is 52.6 Å². The van der Waals surface area contributed by atoms with Crippen molar-refractivity contribution in [3.05, 3.63) is 12.2 Å². The van der Waals surface area contributed by atoms with Crippen LogP contribution in [0.3, 0.4) is 0 Å². The van der Waals surface area contributed by atoms with E-state index >= 15 is 0 Å². The molecule has 0 aromatic carbocycles. The van der Waals surface area contributed by atoms with Crippen molar-refractivity contribution in [1.29, 1.82) is 0 Å². The molecule has 4 nitrogen and oxygen atoms in total. The van der Waals surface area contributed by atoms with Crippen molar-refractivity contribution in [2.24, 2.45) is 33.5 Å². The van der Waals surface area contributed by atoms with Crippen LogP contribution in [0.1, 0.15) is 86.5 Å². The summed E-state index contributed by atoms with van der Waals surface area (Å²) in [7, 11) is 0. The molecular weight excluding hydrogens is 364 g/mol. The third-order valence-electron chi connectivity index (χ3n) is 10.5. The molecule has 0 aromatic heterocycles. The molecule has 4 fully saturated rings. The first-order chi connectivity index (χ1) is 13.4. The lowest BCUT2D eigenvalue weighted by Crippen LogP contribution is -2.38. The molecule has 0 aromatic rings. The SMILES string of the molecule is CC1(C)C2CCC1(C)C(OC(=O)/C=C/CC(=O)OC1CC3CCC1(C)C3(C)C)C2. The maximum Gasteiger partial charge on any atom is 0.330 e. The van der Waals surface area contributed by atoms with Crippen LogP contribution in [-0.2, 0) is 19.1 Å². The zero-order valence-electron chi connectivity index (χ0n) is 19.0. The predicted octanol–water partition coefficient (Wildman–Crippen LogP) is 5.45. The monoisotopic (exact) mass is 402 g/mol. The molecule has 4 aliphatic rings. The molecular formula is C25H38O4. The Morgan fingerprint density at radius 2 is 1.31 bits per heavy atom. The molecule has 0 amide bonds. The minimum absolute atomic E-state index is 0.000298. The second kappa shape index (κ2) is 6.59. The van der Waals surface area contributed by atoms with Crippen LogP contribution in [0.4, 0.5) is 0 Å². The Bertz CT molecular complexity index is 735. The number of carbonyl (C=O) groups is 2. The fourth-order valence-electron chi connectivity index (χ4n) is 7.25. The number of hydrogen-bond acceptors (Lipinski definition) is 4. The summed E-state index contributed by atoms with van der Waals surface area (Å²) in [6.07, 6.45) is 9.78. The molecule has 4 rings (SSSR count). The van der Waals surface area contributed by atoms with E-state index in [1.807, 2.05) is 0 Å². The summed E-state index contributed by atoms with van der Waals surface area (Å²) < 4.78 is 11.6. The Morgan fingerprint density at radius 3 is 1.72 bits per heavy atom. The van der Waals surface area contributed by atoms with E-state index in [0.717, 1.165) is 25.7 Å². The first-order valence-corrected chi connectivity index (χ1v) is 11.5. The van der Waals surface area contributed by atoms with Crippen LogP contribution in [0.15, 0.2) is 12.2 Å². The van der Waals surface area contributed by atoms with Crippen molar-refractivity contribution in [3.8, 4) is 0 Å². The second-order valence-electron chi connectivity index (χ2n) is 11.7. The molecule has 4 heteroatoms. The Labute approximate surface area is 175 Å². The Kier molecular flexibility index (Phi) is 4.76. The third-order valence-corrected chi connectivity index (χ3v) is 10.5. The van der Waals surface area contributed by atoms with Gasteiger partial charge in [0.05, 0.1) is 6.42 Å². The number of hydrogen-bond donors (Lipinski definition) is 0. The molecule has 4 aliphatic carbocycles. The van der Waals surface area contributed by atoms with E-state index in [4.69, 9.17) is 9.47 Å². The number of rotatable bonds is 5. The smallest absolute Gasteiger partial charge is 0.330 e. The van der Waals surface area contributed by atoms with E-state index in [-0.39, 0.29) is 52.2 Å². The number of carbonyl (C=O) groups excluding carboxylic acids is 2. The minimum atomic E-state index is -0.333. The third kappa shape index (κ3) is 2.91. The van der Waals surface area contributed by atoms with Crippen molar-refractivity contribution >= 4 is 11.9 Å². The van der Waals surface area contributed by atoms with Crippen LogP contribution in [-0.4, -0.2) is 24.1 Å². The van der Waals surface area contributed by atoms with Gasteiger partial charge in [0.15, 0.2) is 0 Å². The average molecular weight is 403 g/mol. The molecule has 0 saturated heterocycles. The van der Waals surface area contributed by atoms with E-state index in [2.05, 4.69) is 41.5 Å². The van der Waals surface area contributed by atoms with E-state index in [0.29, 0.717) is 11.8 Å². The van der Waals surface area contributed by atoms with Crippen LogP contribution in [0, 0.1) is 33.5 Å². The van der Waals surface area contributed by atoms with Crippen molar-refractivity contribution in [3.63, 3.8) is 0 Å². The Morgan fingerprint density at radius 1 is 0.828 bits per heavy atom. The highest BCUT2D eigenvalue weighted by Gasteiger charge is 2.63. The average Bonchev–Trinajstić information content (AvgIpc) is 3.13. The number of ether oxygens (including phenoxy) is 2. The largest absolute Gasteiger partial charge is 0.462 e. The van der Waals surface area contributed by atoms with Gasteiger partial charge in [0.25, 0.3) is 0 Å². The molecule has 162 valence electrons. The van der Waals surface area contributed by atoms with Crippen LogP contribution >= 0.6 is 0 Å². The molecule has 6 unspecified atom stereocenters. The van der Waals surface area contributed by atoms with Crippen molar-refractivity contribution in [2.75, 3.05) is 0 Å². The fraction of sp³-hybridized carbons (Fsp3) is 0.840. The minimum Gasteiger partial charge on any atom is -0.462 e. The summed E-state index contributed by atoms with van der Waals surface area (Å²) in [6, 6.07) is 0. The lowest BCUT2D eigenvalue weighted by molar-refractivity contribution is -0.155. The van der Waals surface area contributed by atoms with Gasteiger partial charge in [-0.3, -0.25) is 4.79 Å². The standard InChI is InChI=1S/C25H38O4/c1-22(2)16-10-12-24(22,5)18(14-16)28-20(26)8-7-9-21(27)29-19-15-17-11-13-25(19,6)23(17,3)4/h7-8,16-19H,9-15H2,1-6H3/b8-7+. The summed E-state index contributed by atoms with van der Waals surface area (Å²) in [5.41, 5.74) is 0.572. The molecule has 0 aliphatic heterocycles. The van der Waals surface area contributed by atoms with Gasteiger partial charge in [0, 0.05) is 16.9 Å². The van der Waals surface area contributed by atoms with Crippen molar-refractivity contribution in [2.45, 2.75) is 98.7 Å². The van der Waals surface area contributed by atoms with Gasteiger partial charge in [-0.2, -0.15) is 0 Å². The van der Waals surface area contributed by atoms with E-state index in [9.17, 15) is 9.59 Å². The molecule has 0 radical (unpaired) electrons. The normalized spacial score (nSPS) is 43.8. The number of fused-ring (bicyclic) bond motifs is 4. The van der Waals surface area contributed by atoms with Crippen LogP contribution < -0.4 is 0 Å². The lowest BCUT2D eigenvalue weighted by Gasteiger charge is -2.38. The molecule has 29 heavy (non-hydrogen) atoms. The van der Waals surface area contributed by atoms with Crippen molar-refractivity contribution in [1.82, 2.24) is 0 Å². The maximum atomic E-state index is 12.4. The van der Waals surface area contributed by atoms with Gasteiger partial charge in [0.2, 0.25) is 0 Å². The van der Waals surface area contributed by atoms with Gasteiger partial charge < -0.3 is 9.47 Å². The molecule has 0 heterocycles. The highest BCUT2D eigenvalue weighted by Crippen LogP contribution is 2.67. The van der Waals surface area contributed by atoms with Crippen molar-refractivity contribution < 1.29 is 19.1 Å². The lowest BCUT2D eigenvalue weighted by atomic mass is 9.70. The summed E-state index contributed by atoms with van der Waals surface area (Å²) in [5, 5.41) is 0. The first-order valence-electron chi connectivity index (χ1n) is 11.5. The van der Waals surface area contributed by atoms with Crippen LogP contribution in [0.25, 0.3) is 0 Å². The van der Waals surface area contributed by atoms with Gasteiger partial charge in [-0.1, -0.05) is 47.6 Å². The zero-order chi connectivity index (χ0) is 21.2. The highest BCUT2D eigenvalue weighted by molar-refractivity contribution is 5.83. The summed E-state index contributed by atoms with van der Waals surface area (Å²) in [6.45, 7) is 13.8. The zero-order valence-corrected chi connectivity index (χ0v) is 19.0. The Hall–Kier alpha value is -1.32. The second-order valence-corrected chi connectivity index (χ2v) is 11.7. The fourth-order valence-corrected chi connectivity index (χ4v) is 7.25. The van der Waals surface area contributed by atoms with E-state index < -0.39 is 0 Å². The summed E-state index contributed by atoms with van der Waals surface area (Å²) in [5.74, 6) is 0.705. The highest BCUT2D eigenvalue weighted by atomic mass is 16.5. The molecule has 0 N–H and O–H groups in total. The van der Waals surface area contributed by atoms with Crippen LogP contribution in [0.5, 0.6) is 0 Å². The molecule has 4 saturated carbocycles.